The Morgan fingerprint density at radius 3 is 2.67 bits per heavy atom. The minimum Gasteiger partial charge on any atom is -0.494 e. The number of nitrogens with zero attached hydrogens (tertiary/aromatic N) is 2. The molecule has 0 bridgehead atoms. The van der Waals surface area contributed by atoms with Crippen LogP contribution in [-0.4, -0.2) is 50.1 Å². The number of hydrogen-bond acceptors (Lipinski definition) is 3. The second-order valence-corrected chi connectivity index (χ2v) is 6.56. The molecule has 0 radical (unpaired) electrons. The van der Waals surface area contributed by atoms with Crippen molar-refractivity contribution in [3.8, 4) is 5.75 Å². The van der Waals surface area contributed by atoms with Crippen LogP contribution in [0.3, 0.4) is 0 Å². The number of carbonyl (C=O) groups is 1. The zero-order valence-electron chi connectivity index (χ0n) is 16.7. The third kappa shape index (κ3) is 7.94. The number of carbonyl (C=O) groups excluding carboxylic acids is 1. The van der Waals surface area contributed by atoms with Gasteiger partial charge in [0.05, 0.1) is 13.2 Å². The first kappa shape index (κ1) is 23.5. The predicted octanol–water partition coefficient (Wildman–Crippen LogP) is 3.02. The molecule has 1 aromatic carbocycles. The highest BCUT2D eigenvalue weighted by Crippen LogP contribution is 2.21. The third-order valence-electron chi connectivity index (χ3n) is 4.62. The van der Waals surface area contributed by atoms with Gasteiger partial charge in [-0.15, -0.1) is 24.0 Å². The summed E-state index contributed by atoms with van der Waals surface area (Å²) in [6.45, 7) is 8.09. The number of amides is 1. The van der Waals surface area contributed by atoms with Crippen molar-refractivity contribution >= 4 is 35.8 Å². The van der Waals surface area contributed by atoms with E-state index in [4.69, 9.17) is 9.73 Å². The fraction of sp³-hybridized carbons (Fsp3) is 0.600. The molecule has 0 unspecified atom stereocenters. The molecule has 0 aliphatic carbocycles. The zero-order valence-corrected chi connectivity index (χ0v) is 19.0. The minimum atomic E-state index is 0. The molecule has 0 spiro atoms. The number of halogens is 1. The molecule has 1 aliphatic heterocycles. The van der Waals surface area contributed by atoms with E-state index in [1.54, 1.807) is 7.05 Å². The van der Waals surface area contributed by atoms with Crippen molar-refractivity contribution in [1.82, 2.24) is 15.5 Å². The Morgan fingerprint density at radius 1 is 1.30 bits per heavy atom. The van der Waals surface area contributed by atoms with Crippen LogP contribution in [0.1, 0.15) is 38.7 Å². The van der Waals surface area contributed by atoms with E-state index < -0.39 is 0 Å². The summed E-state index contributed by atoms with van der Waals surface area (Å²) >= 11 is 0. The highest BCUT2D eigenvalue weighted by molar-refractivity contribution is 14.0. The molecule has 2 rings (SSSR count). The summed E-state index contributed by atoms with van der Waals surface area (Å²) in [6.07, 6.45) is 2.68. The number of nitrogens with one attached hydrogen (secondary N) is 2. The molecule has 1 saturated heterocycles. The Bertz CT molecular complexity index is 601. The van der Waals surface area contributed by atoms with Crippen LogP contribution in [0.15, 0.2) is 29.3 Å². The average molecular weight is 488 g/mol. The molecule has 27 heavy (non-hydrogen) atoms. The van der Waals surface area contributed by atoms with E-state index in [2.05, 4.69) is 28.5 Å². The number of piperidine rings is 1. The number of hydrogen-bond donors (Lipinski definition) is 2. The fourth-order valence-electron chi connectivity index (χ4n) is 3.21. The SMILES string of the molecule is CCNC(=NCc1cccc(OCC)c1)N1CCC(CC(=O)NC)CC1.I. The van der Waals surface area contributed by atoms with E-state index in [-0.39, 0.29) is 29.9 Å². The van der Waals surface area contributed by atoms with E-state index in [0.29, 0.717) is 25.5 Å². The van der Waals surface area contributed by atoms with Crippen LogP contribution in [0.5, 0.6) is 5.75 Å². The Kier molecular flexibility index (Phi) is 11.2. The summed E-state index contributed by atoms with van der Waals surface area (Å²) in [6, 6.07) is 8.10. The van der Waals surface area contributed by atoms with Gasteiger partial charge < -0.3 is 20.3 Å². The van der Waals surface area contributed by atoms with Gasteiger partial charge in [-0.1, -0.05) is 12.1 Å². The molecule has 1 aliphatic rings. The molecule has 1 aromatic rings. The predicted molar refractivity (Wildman–Crippen MR) is 121 cm³/mol. The quantitative estimate of drug-likeness (QED) is 0.352. The highest BCUT2D eigenvalue weighted by atomic mass is 127. The molecule has 0 saturated carbocycles. The number of guanidine groups is 1. The van der Waals surface area contributed by atoms with Gasteiger partial charge in [-0.05, 0) is 50.3 Å². The number of aliphatic imine (C=N–C) groups is 1. The molecule has 152 valence electrons. The molecule has 6 nitrogen and oxygen atoms in total. The maximum absolute atomic E-state index is 11.6. The van der Waals surface area contributed by atoms with Crippen molar-refractivity contribution in [1.29, 1.82) is 0 Å². The summed E-state index contributed by atoms with van der Waals surface area (Å²) in [4.78, 5) is 18.7. The number of likely N-dealkylation sites (tertiary alicyclic amines) is 1. The molecular weight excluding hydrogens is 455 g/mol. The molecule has 1 heterocycles. The lowest BCUT2D eigenvalue weighted by Crippen LogP contribution is -2.46. The topological polar surface area (TPSA) is 66.0 Å². The lowest BCUT2D eigenvalue weighted by Gasteiger charge is -2.34. The van der Waals surface area contributed by atoms with Crippen molar-refractivity contribution < 1.29 is 9.53 Å². The summed E-state index contributed by atoms with van der Waals surface area (Å²) in [5.74, 6) is 2.45. The van der Waals surface area contributed by atoms with Gasteiger partial charge in [-0.25, -0.2) is 4.99 Å². The van der Waals surface area contributed by atoms with Gasteiger partial charge in [0.15, 0.2) is 5.96 Å². The van der Waals surface area contributed by atoms with Crippen LogP contribution in [0.25, 0.3) is 0 Å². The molecule has 1 amide bonds. The van der Waals surface area contributed by atoms with Gasteiger partial charge in [0.1, 0.15) is 5.75 Å². The monoisotopic (exact) mass is 488 g/mol. The van der Waals surface area contributed by atoms with E-state index in [0.717, 1.165) is 49.7 Å². The highest BCUT2D eigenvalue weighted by Gasteiger charge is 2.23. The van der Waals surface area contributed by atoms with Crippen molar-refractivity contribution in [3.05, 3.63) is 29.8 Å². The first-order chi connectivity index (χ1) is 12.7. The Balaban J connectivity index is 0.00000364. The lowest BCUT2D eigenvalue weighted by molar-refractivity contribution is -0.121. The van der Waals surface area contributed by atoms with E-state index >= 15 is 0 Å². The van der Waals surface area contributed by atoms with Crippen LogP contribution in [0.2, 0.25) is 0 Å². The number of benzene rings is 1. The second kappa shape index (κ2) is 12.8. The molecule has 0 atom stereocenters. The Hall–Kier alpha value is -1.51. The van der Waals surface area contributed by atoms with Gasteiger partial charge in [-0.2, -0.15) is 0 Å². The van der Waals surface area contributed by atoms with Crippen LogP contribution >= 0.6 is 24.0 Å². The van der Waals surface area contributed by atoms with Gasteiger partial charge in [0.25, 0.3) is 0 Å². The largest absolute Gasteiger partial charge is 0.494 e. The van der Waals surface area contributed by atoms with Crippen molar-refractivity contribution in [2.45, 2.75) is 39.7 Å². The van der Waals surface area contributed by atoms with E-state index in [1.165, 1.54) is 0 Å². The minimum absolute atomic E-state index is 0. The van der Waals surface area contributed by atoms with Crippen LogP contribution in [-0.2, 0) is 11.3 Å². The average Bonchev–Trinajstić information content (AvgIpc) is 2.66. The lowest BCUT2D eigenvalue weighted by atomic mass is 9.93. The molecule has 1 fully saturated rings. The summed E-state index contributed by atoms with van der Waals surface area (Å²) in [7, 11) is 1.70. The maximum Gasteiger partial charge on any atom is 0.220 e. The zero-order chi connectivity index (χ0) is 18.8. The van der Waals surface area contributed by atoms with Gasteiger partial charge >= 0.3 is 0 Å². The molecule has 7 heteroatoms. The fourth-order valence-corrected chi connectivity index (χ4v) is 3.21. The first-order valence-electron chi connectivity index (χ1n) is 9.61. The van der Waals surface area contributed by atoms with Crippen LogP contribution < -0.4 is 15.4 Å². The number of ether oxygens (including phenoxy) is 1. The van der Waals surface area contributed by atoms with E-state index in [1.807, 2.05) is 25.1 Å². The smallest absolute Gasteiger partial charge is 0.220 e. The van der Waals surface area contributed by atoms with Crippen LogP contribution in [0, 0.1) is 5.92 Å². The van der Waals surface area contributed by atoms with E-state index in [9.17, 15) is 4.79 Å². The maximum atomic E-state index is 11.6. The molecule has 2 N–H and O–H groups in total. The summed E-state index contributed by atoms with van der Waals surface area (Å²) in [5, 5.41) is 6.11. The van der Waals surface area contributed by atoms with Gasteiger partial charge in [-0.3, -0.25) is 4.79 Å². The summed E-state index contributed by atoms with van der Waals surface area (Å²) in [5.41, 5.74) is 1.14. The number of rotatable bonds is 7. The Labute approximate surface area is 180 Å². The van der Waals surface area contributed by atoms with Crippen molar-refractivity contribution in [3.63, 3.8) is 0 Å². The first-order valence-corrected chi connectivity index (χ1v) is 9.61. The standard InChI is InChI=1S/C20H32N4O2.HI/c1-4-22-20(23-15-17-7-6-8-18(13-17)26-5-2)24-11-9-16(10-12-24)14-19(25)21-3;/h6-8,13,16H,4-5,9-12,14-15H2,1-3H3,(H,21,25)(H,22,23);1H. The second-order valence-electron chi connectivity index (χ2n) is 6.56. The van der Waals surface area contributed by atoms with Crippen LogP contribution in [0.4, 0.5) is 0 Å². The van der Waals surface area contributed by atoms with Gasteiger partial charge in [0, 0.05) is 33.1 Å². The third-order valence-corrected chi connectivity index (χ3v) is 4.62. The normalized spacial score (nSPS) is 15.1. The summed E-state index contributed by atoms with van der Waals surface area (Å²) < 4.78 is 5.56. The molecule has 0 aromatic heterocycles. The molecular formula is C20H33IN4O2. The van der Waals surface area contributed by atoms with Crippen molar-refractivity contribution in [2.75, 3.05) is 33.3 Å². The Morgan fingerprint density at radius 2 is 2.04 bits per heavy atom. The van der Waals surface area contributed by atoms with Crippen molar-refractivity contribution in [2.24, 2.45) is 10.9 Å². The van der Waals surface area contributed by atoms with Gasteiger partial charge in [0.2, 0.25) is 5.91 Å².